The van der Waals surface area contributed by atoms with E-state index < -0.39 is 0 Å². The molecule has 0 aliphatic carbocycles. The predicted molar refractivity (Wildman–Crippen MR) is 111 cm³/mol. The van der Waals surface area contributed by atoms with Crippen molar-refractivity contribution in [2.45, 2.75) is 33.2 Å². The van der Waals surface area contributed by atoms with Crippen LogP contribution in [0.4, 0.5) is 0 Å². The number of aromatic nitrogens is 2. The summed E-state index contributed by atoms with van der Waals surface area (Å²) in [5.41, 5.74) is 4.87. The highest BCUT2D eigenvalue weighted by atomic mass is 127. The minimum atomic E-state index is 0. The zero-order valence-electron chi connectivity index (χ0n) is 15.0. The molecule has 5 nitrogen and oxygen atoms in total. The quantitative estimate of drug-likeness (QED) is 0.314. The van der Waals surface area contributed by atoms with Crippen LogP contribution in [-0.2, 0) is 20.0 Å². The molecule has 0 atom stereocenters. The van der Waals surface area contributed by atoms with Gasteiger partial charge in [0.2, 0.25) is 0 Å². The average molecular weight is 441 g/mol. The first-order chi connectivity index (χ1) is 11.1. The predicted octanol–water partition coefficient (Wildman–Crippen LogP) is 2.95. The molecule has 2 aromatic rings. The van der Waals surface area contributed by atoms with Gasteiger partial charge in [-0.2, -0.15) is 5.10 Å². The molecule has 6 heteroatoms. The summed E-state index contributed by atoms with van der Waals surface area (Å²) in [7, 11) is 3.78. The van der Waals surface area contributed by atoms with E-state index in [4.69, 9.17) is 0 Å². The normalized spacial score (nSPS) is 11.1. The third kappa shape index (κ3) is 5.81. The average Bonchev–Trinajstić information content (AvgIpc) is 2.80. The van der Waals surface area contributed by atoms with Crippen LogP contribution in [-0.4, -0.2) is 29.3 Å². The lowest BCUT2D eigenvalue weighted by Gasteiger charge is -2.12. The highest BCUT2D eigenvalue weighted by molar-refractivity contribution is 14.0. The lowest BCUT2D eigenvalue weighted by atomic mass is 10.1. The van der Waals surface area contributed by atoms with Crippen molar-refractivity contribution in [1.29, 1.82) is 0 Å². The summed E-state index contributed by atoms with van der Waals surface area (Å²) in [6.07, 6.45) is 2.15. The zero-order chi connectivity index (χ0) is 16.7. The van der Waals surface area contributed by atoms with Gasteiger partial charge in [-0.1, -0.05) is 30.3 Å². The van der Waals surface area contributed by atoms with Crippen molar-refractivity contribution in [1.82, 2.24) is 20.4 Å². The number of guanidine groups is 1. The molecule has 0 aliphatic heterocycles. The Morgan fingerprint density at radius 2 is 1.88 bits per heavy atom. The van der Waals surface area contributed by atoms with E-state index in [1.54, 1.807) is 7.05 Å². The Morgan fingerprint density at radius 1 is 1.17 bits per heavy atom. The molecule has 0 amide bonds. The number of nitrogens with zero attached hydrogens (tertiary/aromatic N) is 3. The van der Waals surface area contributed by atoms with Gasteiger partial charge in [0.1, 0.15) is 0 Å². The summed E-state index contributed by atoms with van der Waals surface area (Å²) in [5.74, 6) is 0.834. The molecule has 0 radical (unpaired) electrons. The molecule has 1 aromatic carbocycles. The van der Waals surface area contributed by atoms with E-state index in [1.807, 2.05) is 18.7 Å². The van der Waals surface area contributed by atoms with E-state index >= 15 is 0 Å². The van der Waals surface area contributed by atoms with Gasteiger partial charge < -0.3 is 10.6 Å². The van der Waals surface area contributed by atoms with Crippen LogP contribution in [0.15, 0.2) is 35.3 Å². The second kappa shape index (κ2) is 10.3. The molecule has 1 heterocycles. The van der Waals surface area contributed by atoms with Crippen molar-refractivity contribution in [3.63, 3.8) is 0 Å². The van der Waals surface area contributed by atoms with E-state index in [-0.39, 0.29) is 24.0 Å². The van der Waals surface area contributed by atoms with Crippen LogP contribution in [0.5, 0.6) is 0 Å². The molecular formula is C18H28IN5. The van der Waals surface area contributed by atoms with Crippen LogP contribution in [0.25, 0.3) is 0 Å². The Balaban J connectivity index is 0.00000288. The highest BCUT2D eigenvalue weighted by Gasteiger charge is 2.09. The van der Waals surface area contributed by atoms with Crippen LogP contribution in [0.1, 0.15) is 28.9 Å². The molecule has 0 unspecified atom stereocenters. The molecule has 132 valence electrons. The molecule has 0 fully saturated rings. The summed E-state index contributed by atoms with van der Waals surface area (Å²) in [5, 5.41) is 11.2. The number of aliphatic imine (C=N–C) groups is 1. The number of benzene rings is 1. The van der Waals surface area contributed by atoms with Crippen molar-refractivity contribution < 1.29 is 0 Å². The SMILES string of the molecule is CN=C(NCCCc1ccccc1)NCc1c(C)nn(C)c1C.I. The van der Waals surface area contributed by atoms with Crippen LogP contribution in [0.2, 0.25) is 0 Å². The number of nitrogens with one attached hydrogen (secondary N) is 2. The van der Waals surface area contributed by atoms with Gasteiger partial charge in [0, 0.05) is 38.4 Å². The van der Waals surface area contributed by atoms with Crippen molar-refractivity contribution in [3.05, 3.63) is 52.8 Å². The topological polar surface area (TPSA) is 54.2 Å². The molecule has 0 bridgehead atoms. The fourth-order valence-electron chi connectivity index (χ4n) is 2.61. The van der Waals surface area contributed by atoms with Gasteiger partial charge in [-0.15, -0.1) is 24.0 Å². The second-order valence-corrected chi connectivity index (χ2v) is 5.71. The lowest BCUT2D eigenvalue weighted by molar-refractivity contribution is 0.726. The molecule has 1 aromatic heterocycles. The summed E-state index contributed by atoms with van der Waals surface area (Å²) >= 11 is 0. The number of hydrogen-bond donors (Lipinski definition) is 2. The standard InChI is InChI=1S/C18H27N5.HI/c1-14-17(15(2)23(4)22-14)13-21-18(19-3)20-12-8-11-16-9-6-5-7-10-16;/h5-7,9-10H,8,11-13H2,1-4H3,(H2,19,20,21);1H. The first-order valence-electron chi connectivity index (χ1n) is 8.09. The Kier molecular flexibility index (Phi) is 8.81. The van der Waals surface area contributed by atoms with Gasteiger partial charge in [0.15, 0.2) is 5.96 Å². The Hall–Kier alpha value is -1.57. The van der Waals surface area contributed by atoms with E-state index in [0.717, 1.165) is 37.6 Å². The van der Waals surface area contributed by atoms with Crippen LogP contribution >= 0.6 is 24.0 Å². The van der Waals surface area contributed by atoms with E-state index in [1.165, 1.54) is 16.8 Å². The van der Waals surface area contributed by atoms with E-state index in [2.05, 4.69) is 58.0 Å². The maximum atomic E-state index is 4.44. The van der Waals surface area contributed by atoms with Gasteiger partial charge in [-0.25, -0.2) is 0 Å². The van der Waals surface area contributed by atoms with Gasteiger partial charge in [-0.3, -0.25) is 9.67 Å². The fourth-order valence-corrected chi connectivity index (χ4v) is 2.61. The van der Waals surface area contributed by atoms with Gasteiger partial charge in [0.25, 0.3) is 0 Å². The Labute approximate surface area is 162 Å². The van der Waals surface area contributed by atoms with Crippen LogP contribution in [0, 0.1) is 13.8 Å². The minimum Gasteiger partial charge on any atom is -0.356 e. The molecule has 0 saturated carbocycles. The number of rotatable bonds is 6. The second-order valence-electron chi connectivity index (χ2n) is 5.71. The monoisotopic (exact) mass is 441 g/mol. The number of aryl methyl sites for hydroxylation is 3. The Bertz CT molecular complexity index is 649. The molecule has 0 aliphatic rings. The van der Waals surface area contributed by atoms with E-state index in [0.29, 0.717) is 0 Å². The van der Waals surface area contributed by atoms with Gasteiger partial charge in [0.05, 0.1) is 5.69 Å². The van der Waals surface area contributed by atoms with Crippen molar-refractivity contribution in [2.24, 2.45) is 12.0 Å². The largest absolute Gasteiger partial charge is 0.356 e. The lowest BCUT2D eigenvalue weighted by Crippen LogP contribution is -2.37. The smallest absolute Gasteiger partial charge is 0.191 e. The van der Waals surface area contributed by atoms with Crippen molar-refractivity contribution >= 4 is 29.9 Å². The summed E-state index contributed by atoms with van der Waals surface area (Å²) in [6.45, 7) is 5.77. The number of halogens is 1. The zero-order valence-corrected chi connectivity index (χ0v) is 17.3. The summed E-state index contributed by atoms with van der Waals surface area (Å²) < 4.78 is 1.92. The third-order valence-corrected chi connectivity index (χ3v) is 4.09. The molecular weight excluding hydrogens is 413 g/mol. The third-order valence-electron chi connectivity index (χ3n) is 4.09. The van der Waals surface area contributed by atoms with Crippen molar-refractivity contribution in [3.8, 4) is 0 Å². The first kappa shape index (κ1) is 20.5. The number of hydrogen-bond acceptors (Lipinski definition) is 2. The van der Waals surface area contributed by atoms with E-state index in [9.17, 15) is 0 Å². The summed E-state index contributed by atoms with van der Waals surface area (Å²) in [4.78, 5) is 4.28. The van der Waals surface area contributed by atoms with Gasteiger partial charge in [-0.05, 0) is 32.3 Å². The summed E-state index contributed by atoms with van der Waals surface area (Å²) in [6, 6.07) is 10.6. The van der Waals surface area contributed by atoms with Crippen molar-refractivity contribution in [2.75, 3.05) is 13.6 Å². The molecule has 0 spiro atoms. The molecule has 2 N–H and O–H groups in total. The first-order valence-corrected chi connectivity index (χ1v) is 8.09. The highest BCUT2D eigenvalue weighted by Crippen LogP contribution is 2.11. The molecule has 0 saturated heterocycles. The fraction of sp³-hybridized carbons (Fsp3) is 0.444. The Morgan fingerprint density at radius 3 is 2.46 bits per heavy atom. The van der Waals surface area contributed by atoms with Crippen LogP contribution < -0.4 is 10.6 Å². The molecule has 2 rings (SSSR count). The van der Waals surface area contributed by atoms with Gasteiger partial charge >= 0.3 is 0 Å². The van der Waals surface area contributed by atoms with Crippen LogP contribution in [0.3, 0.4) is 0 Å². The maximum Gasteiger partial charge on any atom is 0.191 e. The molecule has 24 heavy (non-hydrogen) atoms. The minimum absolute atomic E-state index is 0. The maximum absolute atomic E-state index is 4.44.